The average molecular weight is 400 g/mol. The summed E-state index contributed by atoms with van der Waals surface area (Å²) in [5.74, 6) is -1.74. The molecular weight excluding hydrogens is 382 g/mol. The second-order valence-electron chi connectivity index (χ2n) is 5.44. The Bertz CT molecular complexity index is 676. The van der Waals surface area contributed by atoms with E-state index in [1.54, 1.807) is 0 Å². The molecule has 2 aliphatic rings. The molecule has 2 aliphatic heterocycles. The third kappa shape index (κ3) is 5.20. The van der Waals surface area contributed by atoms with Crippen LogP contribution in [0.3, 0.4) is 0 Å². The Balaban J connectivity index is 2.01. The van der Waals surface area contributed by atoms with Crippen LogP contribution in [0.15, 0.2) is 24.7 Å². The van der Waals surface area contributed by atoms with Crippen molar-refractivity contribution in [3.8, 4) is 0 Å². The van der Waals surface area contributed by atoms with Gasteiger partial charge in [-0.05, 0) is 0 Å². The van der Waals surface area contributed by atoms with Gasteiger partial charge in [-0.25, -0.2) is 0 Å². The van der Waals surface area contributed by atoms with E-state index < -0.39 is 58.1 Å². The van der Waals surface area contributed by atoms with Gasteiger partial charge in [-0.2, -0.15) is 0 Å². The van der Waals surface area contributed by atoms with Crippen molar-refractivity contribution in [3.05, 3.63) is 24.7 Å². The van der Waals surface area contributed by atoms with Gasteiger partial charge in [-0.3, -0.25) is 13.9 Å². The predicted octanol–water partition coefficient (Wildman–Crippen LogP) is -1.81. The van der Waals surface area contributed by atoms with Gasteiger partial charge < -0.3 is 44.4 Å². The van der Waals surface area contributed by atoms with Gasteiger partial charge in [0, 0.05) is 12.3 Å². The largest absolute Gasteiger partial charge is 0.387 e. The molecule has 0 aliphatic carbocycles. The molecule has 25 heavy (non-hydrogen) atoms. The van der Waals surface area contributed by atoms with Gasteiger partial charge in [-0.1, -0.05) is 6.58 Å². The zero-order chi connectivity index (χ0) is 19.0. The molecule has 5 atom stereocenters. The maximum atomic E-state index is 11.6. The molecule has 6 N–H and O–H groups in total. The molecule has 12 nitrogen and oxygen atoms in total. The van der Waals surface area contributed by atoms with E-state index in [0.29, 0.717) is 0 Å². The first-order chi connectivity index (χ1) is 11.4. The number of carbonyl (C=O) groups excluding carboxylic acids is 1. The summed E-state index contributed by atoms with van der Waals surface area (Å²) < 4.78 is 32.3. The highest BCUT2D eigenvalue weighted by Crippen LogP contribution is 2.55. The number of hydrogen-bond acceptors (Lipinski definition) is 8. The third-order valence-corrected chi connectivity index (χ3v) is 6.84. The lowest BCUT2D eigenvalue weighted by Crippen LogP contribution is -2.46. The minimum atomic E-state index is -4.78. The SMILES string of the molecule is C=C1NC(=O)C=CN1[C@@H]1O[C@H](COP(=O)(O)CP(=O)(O)O)[C@H](O)C1O. The molecule has 142 valence electrons. The molecule has 0 saturated carbocycles. The van der Waals surface area contributed by atoms with Crippen molar-refractivity contribution in [1.82, 2.24) is 10.2 Å². The monoisotopic (exact) mass is 400 g/mol. The van der Waals surface area contributed by atoms with Crippen molar-refractivity contribution < 1.29 is 48.1 Å². The number of hydrogen-bond donors (Lipinski definition) is 6. The first kappa shape index (κ1) is 20.2. The molecule has 2 unspecified atom stereocenters. The Morgan fingerprint density at radius 2 is 1.92 bits per heavy atom. The Labute approximate surface area is 142 Å². The van der Waals surface area contributed by atoms with Crippen molar-refractivity contribution >= 4 is 21.1 Å². The summed E-state index contributed by atoms with van der Waals surface area (Å²) in [6.45, 7) is 2.87. The van der Waals surface area contributed by atoms with E-state index in [9.17, 15) is 29.0 Å². The van der Waals surface area contributed by atoms with E-state index in [4.69, 9.17) is 14.5 Å². The number of nitrogens with zero attached hydrogens (tertiary/aromatic N) is 1. The van der Waals surface area contributed by atoms with Crippen molar-refractivity contribution in [2.24, 2.45) is 0 Å². The summed E-state index contributed by atoms with van der Waals surface area (Å²) in [4.78, 5) is 39.3. The van der Waals surface area contributed by atoms with Gasteiger partial charge in [0.1, 0.15) is 24.1 Å². The lowest BCUT2D eigenvalue weighted by molar-refractivity contribution is -0.118. The van der Waals surface area contributed by atoms with Crippen LogP contribution in [-0.4, -0.2) is 72.8 Å². The maximum Gasteiger partial charge on any atom is 0.340 e. The lowest BCUT2D eigenvalue weighted by Gasteiger charge is -2.32. The molecule has 0 bridgehead atoms. The topological polar surface area (TPSA) is 186 Å². The van der Waals surface area contributed by atoms with Crippen LogP contribution in [0.2, 0.25) is 0 Å². The number of nitrogens with one attached hydrogen (secondary N) is 1. The zero-order valence-electron chi connectivity index (χ0n) is 12.7. The third-order valence-electron chi connectivity index (χ3n) is 3.38. The minimum absolute atomic E-state index is 0.0830. The molecule has 0 spiro atoms. The molecule has 0 aromatic rings. The molecule has 2 rings (SSSR count). The standard InChI is InChI=1S/C11H18N2O10P2/c1-6-12-8(14)2-3-13(6)11-10(16)9(15)7(23-11)4-22-25(20,21)5-24(17,18)19/h2-3,7,9-11,15-16H,1,4-5H2,(H,12,14)(H,20,21)(H2,17,18,19)/t7-,9+,10?,11-/m1/s1. The summed E-state index contributed by atoms with van der Waals surface area (Å²) in [7, 11) is -9.41. The number of rotatable bonds is 6. The first-order valence-corrected chi connectivity index (χ1v) is 10.4. The number of carbonyl (C=O) groups is 1. The fourth-order valence-corrected chi connectivity index (χ4v) is 4.85. The van der Waals surface area contributed by atoms with Gasteiger partial charge in [-0.15, -0.1) is 0 Å². The molecule has 1 saturated heterocycles. The summed E-state index contributed by atoms with van der Waals surface area (Å²) in [6, 6.07) is 0. The molecule has 1 amide bonds. The van der Waals surface area contributed by atoms with Crippen molar-refractivity contribution in [3.63, 3.8) is 0 Å². The van der Waals surface area contributed by atoms with Crippen LogP contribution in [0.5, 0.6) is 0 Å². The van der Waals surface area contributed by atoms with Crippen molar-refractivity contribution in [2.75, 3.05) is 12.5 Å². The quantitative estimate of drug-likeness (QED) is 0.276. The fraction of sp³-hybridized carbons (Fsp3) is 0.545. The predicted molar refractivity (Wildman–Crippen MR) is 81.6 cm³/mol. The summed E-state index contributed by atoms with van der Waals surface area (Å²) in [5.41, 5.74) is 0. The fourth-order valence-electron chi connectivity index (χ4n) is 2.29. The van der Waals surface area contributed by atoms with Gasteiger partial charge in [0.25, 0.3) is 5.91 Å². The van der Waals surface area contributed by atoms with Gasteiger partial charge >= 0.3 is 15.2 Å². The first-order valence-electron chi connectivity index (χ1n) is 6.88. The van der Waals surface area contributed by atoms with Crippen molar-refractivity contribution in [2.45, 2.75) is 24.5 Å². The molecule has 14 heteroatoms. The van der Waals surface area contributed by atoms with E-state index in [-0.39, 0.29) is 5.82 Å². The minimum Gasteiger partial charge on any atom is -0.387 e. The van der Waals surface area contributed by atoms with Crippen LogP contribution in [-0.2, 0) is 23.2 Å². The number of ether oxygens (including phenoxy) is 1. The van der Waals surface area contributed by atoms with Gasteiger partial charge in [0.2, 0.25) is 0 Å². The van der Waals surface area contributed by atoms with Crippen LogP contribution in [0.25, 0.3) is 0 Å². The van der Waals surface area contributed by atoms with E-state index >= 15 is 0 Å². The number of aliphatic hydroxyl groups excluding tert-OH is 2. The van der Waals surface area contributed by atoms with E-state index in [1.165, 1.54) is 11.1 Å². The Morgan fingerprint density at radius 1 is 1.28 bits per heavy atom. The number of aliphatic hydroxyl groups is 2. The second-order valence-corrected chi connectivity index (χ2v) is 9.44. The highest BCUT2D eigenvalue weighted by atomic mass is 31.2. The summed E-state index contributed by atoms with van der Waals surface area (Å²) in [6.07, 6.45) is -2.98. The van der Waals surface area contributed by atoms with Crippen LogP contribution in [0.1, 0.15) is 0 Å². The van der Waals surface area contributed by atoms with Gasteiger partial charge in [0.05, 0.1) is 6.61 Å². The molecular formula is C11H18N2O10P2. The highest BCUT2D eigenvalue weighted by molar-refractivity contribution is 7.70. The Morgan fingerprint density at radius 3 is 2.48 bits per heavy atom. The van der Waals surface area contributed by atoms with Crippen LogP contribution >= 0.6 is 15.2 Å². The normalized spacial score (nSPS) is 32.6. The Kier molecular flexibility index (Phi) is 5.89. The van der Waals surface area contributed by atoms with E-state index in [0.717, 1.165) is 6.08 Å². The van der Waals surface area contributed by atoms with Crippen LogP contribution in [0, 0.1) is 0 Å². The smallest absolute Gasteiger partial charge is 0.340 e. The molecule has 0 aromatic carbocycles. The van der Waals surface area contributed by atoms with E-state index in [2.05, 4.69) is 16.4 Å². The molecule has 1 fully saturated rings. The molecule has 0 aromatic heterocycles. The summed E-state index contributed by atoms with van der Waals surface area (Å²) >= 11 is 0. The number of amides is 1. The highest BCUT2D eigenvalue weighted by Gasteiger charge is 2.47. The van der Waals surface area contributed by atoms with Crippen LogP contribution in [0.4, 0.5) is 0 Å². The summed E-state index contributed by atoms with van der Waals surface area (Å²) in [5, 5.41) is 22.4. The zero-order valence-corrected chi connectivity index (χ0v) is 14.5. The van der Waals surface area contributed by atoms with Crippen molar-refractivity contribution in [1.29, 1.82) is 0 Å². The second kappa shape index (κ2) is 7.28. The van der Waals surface area contributed by atoms with Gasteiger partial charge in [0.15, 0.2) is 12.1 Å². The van der Waals surface area contributed by atoms with Crippen LogP contribution < -0.4 is 5.32 Å². The van der Waals surface area contributed by atoms with E-state index in [1.807, 2.05) is 0 Å². The molecule has 2 heterocycles. The lowest BCUT2D eigenvalue weighted by atomic mass is 10.1. The average Bonchev–Trinajstić information content (AvgIpc) is 2.71. The molecule has 0 radical (unpaired) electrons. The maximum absolute atomic E-state index is 11.6. The Hall–Kier alpha value is -1.07.